The molecule has 12 N–H and O–H groups in total. The van der Waals surface area contributed by atoms with E-state index in [1.807, 2.05) is 0 Å². The van der Waals surface area contributed by atoms with Crippen molar-refractivity contribution in [2.45, 2.75) is 407 Å². The molecule has 0 bridgehead atoms. The summed E-state index contributed by atoms with van der Waals surface area (Å²) in [7, 11) is 0. The predicted molar refractivity (Wildman–Crippen MR) is 406 cm³/mol. The average molecular weight is 1450 g/mol. The van der Waals surface area contributed by atoms with Crippen LogP contribution < -0.4 is 5.32 Å². The molecule has 0 radical (unpaired) electrons. The van der Waals surface area contributed by atoms with Crippen LogP contribution in [0, 0.1) is 0 Å². The van der Waals surface area contributed by atoms with Crippen molar-refractivity contribution in [3.63, 3.8) is 0 Å². The van der Waals surface area contributed by atoms with Gasteiger partial charge < -0.3 is 89.9 Å². The molecule has 3 fully saturated rings. The van der Waals surface area contributed by atoms with Crippen LogP contribution in [-0.4, -0.2) is 193 Å². The van der Waals surface area contributed by atoms with E-state index in [1.54, 1.807) is 0 Å². The normalized spacial score (nSPS) is 26.6. The van der Waals surface area contributed by atoms with Crippen molar-refractivity contribution in [2.75, 3.05) is 26.4 Å². The Hall–Kier alpha value is -3.03. The third-order valence-electron chi connectivity index (χ3n) is 20.0. The van der Waals surface area contributed by atoms with Crippen molar-refractivity contribution in [1.82, 2.24) is 5.32 Å². The van der Waals surface area contributed by atoms with Crippen molar-refractivity contribution in [3.8, 4) is 0 Å². The number of ether oxygens (including phenoxy) is 6. The molecule has 592 valence electrons. The third kappa shape index (κ3) is 42.5. The van der Waals surface area contributed by atoms with Crippen LogP contribution in [0.15, 0.2) is 85.1 Å². The van der Waals surface area contributed by atoms with E-state index in [2.05, 4.69) is 104 Å². The van der Waals surface area contributed by atoms with Crippen LogP contribution in [0.4, 0.5) is 0 Å². The number of aliphatic hydroxyl groups is 11. The minimum Gasteiger partial charge on any atom is -0.394 e. The summed E-state index contributed by atoms with van der Waals surface area (Å²) in [6, 6.07) is -0.901. The van der Waals surface area contributed by atoms with Gasteiger partial charge in [-0.25, -0.2) is 0 Å². The highest BCUT2D eigenvalue weighted by Gasteiger charge is 2.54. The van der Waals surface area contributed by atoms with E-state index >= 15 is 0 Å². The second-order valence-corrected chi connectivity index (χ2v) is 28.9. The summed E-state index contributed by atoms with van der Waals surface area (Å²) in [5.74, 6) is -0.254. The Morgan fingerprint density at radius 3 is 1.06 bits per heavy atom. The highest BCUT2D eigenvalue weighted by molar-refractivity contribution is 5.76. The first-order chi connectivity index (χ1) is 49.8. The Morgan fingerprint density at radius 1 is 0.363 bits per heavy atom. The van der Waals surface area contributed by atoms with Crippen LogP contribution >= 0.6 is 0 Å². The minimum atomic E-state index is -1.98. The maximum absolute atomic E-state index is 13.5. The van der Waals surface area contributed by atoms with Crippen LogP contribution in [0.25, 0.3) is 0 Å². The number of rotatable bonds is 64. The third-order valence-corrected chi connectivity index (χ3v) is 20.0. The summed E-state index contributed by atoms with van der Waals surface area (Å²) in [6.45, 7) is 1.71. The molecule has 1 amide bonds. The second kappa shape index (κ2) is 63.0. The van der Waals surface area contributed by atoms with Crippen molar-refractivity contribution >= 4 is 5.91 Å². The molecule has 0 saturated carbocycles. The van der Waals surface area contributed by atoms with Crippen molar-refractivity contribution in [3.05, 3.63) is 85.1 Å². The molecule has 0 aromatic carbocycles. The van der Waals surface area contributed by atoms with Gasteiger partial charge in [0, 0.05) is 6.42 Å². The molecule has 3 aliphatic heterocycles. The summed E-state index contributed by atoms with van der Waals surface area (Å²) in [6.07, 6.45) is 56.6. The Bertz CT molecular complexity index is 2170. The molecule has 3 heterocycles. The molecular weight excluding hydrogens is 1300 g/mol. The van der Waals surface area contributed by atoms with Crippen molar-refractivity contribution < 1.29 is 89.4 Å². The summed E-state index contributed by atoms with van der Waals surface area (Å²) >= 11 is 0. The predicted octanol–water partition coefficient (Wildman–Crippen LogP) is 13.8. The number of amides is 1. The number of allylic oxidation sites excluding steroid dienone is 14. The standard InChI is InChI=1S/C83H147NO18/c1-3-5-7-9-11-13-15-17-19-21-23-25-27-29-31-33-35-37-39-41-43-45-47-49-51-53-55-57-59-61-71(89)84-66(67(88)60-58-56-54-52-50-48-46-44-42-40-38-36-34-32-30-28-26-24-22-20-18-16-14-12-10-8-6-4-2)65-97-81-77(95)74(92)79(69(63-86)99-81)102-83-78(96)75(93)80(70(64-87)100-83)101-82-76(94)73(91)72(90)68(62-85)98-82/h5,7,11,13,17,19,23,25,29,31,35,37,41,43,66-70,72-83,85-88,90-96H,3-4,6,8-10,12,14-16,18,20-22,24,26-28,30,32-34,36,38-40,42,44-65H2,1-2H3,(H,84,89)/b7-5-,13-11-,19-17-,25-23-,31-29-,37-35-,43-41-. The van der Waals surface area contributed by atoms with E-state index < -0.39 is 124 Å². The summed E-state index contributed by atoms with van der Waals surface area (Å²) in [5.41, 5.74) is 0. The van der Waals surface area contributed by atoms with Gasteiger partial charge in [-0.3, -0.25) is 4.79 Å². The molecule has 0 aromatic heterocycles. The van der Waals surface area contributed by atoms with Crippen molar-refractivity contribution in [1.29, 1.82) is 0 Å². The summed E-state index contributed by atoms with van der Waals surface area (Å²) in [5, 5.41) is 121. The molecule has 0 aliphatic carbocycles. The molecule has 19 heteroatoms. The van der Waals surface area contributed by atoms with E-state index in [9.17, 15) is 61.0 Å². The van der Waals surface area contributed by atoms with Crippen LogP contribution in [0.1, 0.15) is 303 Å². The molecule has 3 rings (SSSR count). The lowest BCUT2D eigenvalue weighted by atomic mass is 9.96. The van der Waals surface area contributed by atoms with Gasteiger partial charge >= 0.3 is 0 Å². The first kappa shape index (κ1) is 93.2. The van der Waals surface area contributed by atoms with Gasteiger partial charge in [0.05, 0.1) is 38.6 Å². The quantitative estimate of drug-likeness (QED) is 0.0199. The Kier molecular flexibility index (Phi) is 57.5. The van der Waals surface area contributed by atoms with Crippen molar-refractivity contribution in [2.24, 2.45) is 0 Å². The van der Waals surface area contributed by atoms with Crippen LogP contribution in [0.3, 0.4) is 0 Å². The average Bonchev–Trinajstić information content (AvgIpc) is 0.766. The fourth-order valence-corrected chi connectivity index (χ4v) is 13.5. The minimum absolute atomic E-state index is 0.249. The number of carbonyl (C=O) groups is 1. The highest BCUT2D eigenvalue weighted by Crippen LogP contribution is 2.33. The van der Waals surface area contributed by atoms with Gasteiger partial charge in [-0.15, -0.1) is 0 Å². The molecule has 0 aromatic rings. The zero-order valence-corrected chi connectivity index (χ0v) is 63.3. The van der Waals surface area contributed by atoms with Gasteiger partial charge in [0.1, 0.15) is 73.2 Å². The molecular formula is C83H147NO18. The second-order valence-electron chi connectivity index (χ2n) is 28.9. The molecule has 17 unspecified atom stereocenters. The lowest BCUT2D eigenvalue weighted by Crippen LogP contribution is -2.66. The molecule has 0 spiro atoms. The Labute approximate surface area is 616 Å². The zero-order chi connectivity index (χ0) is 73.9. The van der Waals surface area contributed by atoms with Gasteiger partial charge in [0.25, 0.3) is 0 Å². The topological polar surface area (TPSA) is 307 Å². The summed E-state index contributed by atoms with van der Waals surface area (Å²) in [4.78, 5) is 13.5. The monoisotopic (exact) mass is 1450 g/mol. The van der Waals surface area contributed by atoms with Gasteiger partial charge in [-0.2, -0.15) is 0 Å². The molecule has 3 saturated heterocycles. The van der Waals surface area contributed by atoms with Crippen LogP contribution in [-0.2, 0) is 33.2 Å². The van der Waals surface area contributed by atoms with E-state index in [1.165, 1.54) is 154 Å². The smallest absolute Gasteiger partial charge is 0.220 e. The lowest BCUT2D eigenvalue weighted by Gasteiger charge is -2.48. The number of hydrogen-bond donors (Lipinski definition) is 12. The van der Waals surface area contributed by atoms with Crippen LogP contribution in [0.2, 0.25) is 0 Å². The Morgan fingerprint density at radius 2 is 0.676 bits per heavy atom. The van der Waals surface area contributed by atoms with Gasteiger partial charge in [-0.1, -0.05) is 311 Å². The maximum atomic E-state index is 13.5. The van der Waals surface area contributed by atoms with E-state index in [-0.39, 0.29) is 18.9 Å². The zero-order valence-electron chi connectivity index (χ0n) is 63.3. The molecule has 19 nitrogen and oxygen atoms in total. The van der Waals surface area contributed by atoms with E-state index in [4.69, 9.17) is 28.4 Å². The lowest BCUT2D eigenvalue weighted by molar-refractivity contribution is -0.379. The van der Waals surface area contributed by atoms with E-state index in [0.29, 0.717) is 12.8 Å². The number of nitrogens with one attached hydrogen (secondary N) is 1. The maximum Gasteiger partial charge on any atom is 0.220 e. The summed E-state index contributed by atoms with van der Waals surface area (Å²) < 4.78 is 34.5. The number of aliphatic hydroxyl groups excluding tert-OH is 11. The van der Waals surface area contributed by atoms with Crippen LogP contribution in [0.5, 0.6) is 0 Å². The fraction of sp³-hybridized carbons (Fsp3) is 0.819. The van der Waals surface area contributed by atoms with Gasteiger partial charge in [0.15, 0.2) is 18.9 Å². The Balaban J connectivity index is 1.38. The first-order valence-corrected chi connectivity index (χ1v) is 40.8. The van der Waals surface area contributed by atoms with Gasteiger partial charge in [0.2, 0.25) is 5.91 Å². The number of carbonyl (C=O) groups excluding carboxylic acids is 1. The fourth-order valence-electron chi connectivity index (χ4n) is 13.5. The molecule has 102 heavy (non-hydrogen) atoms. The number of hydrogen-bond acceptors (Lipinski definition) is 18. The first-order valence-electron chi connectivity index (χ1n) is 40.8. The SMILES string of the molecule is CC/C=C\C/C=C\C/C=C\C/C=C\C/C=C\C/C=C\C/C=C\CCCCCCCCCC(=O)NC(COC1OC(CO)C(OC2OC(CO)C(OC3OC(CO)C(O)C(O)C3O)C(O)C2O)C(O)C1O)C(O)CCCCCCCCCCCCCCCCCCCCCCCCCCCCCC. The molecule has 3 aliphatic rings. The molecule has 17 atom stereocenters. The highest BCUT2D eigenvalue weighted by atomic mass is 16.8. The number of unbranched alkanes of at least 4 members (excludes halogenated alkanes) is 34. The van der Waals surface area contributed by atoms with E-state index in [0.717, 1.165) is 116 Å². The largest absolute Gasteiger partial charge is 0.394 e. The van der Waals surface area contributed by atoms with Gasteiger partial charge in [-0.05, 0) is 70.6 Å².